The summed E-state index contributed by atoms with van der Waals surface area (Å²) in [4.78, 5) is 2.47. The first-order chi connectivity index (χ1) is 9.60. The molecule has 20 heavy (non-hydrogen) atoms. The Morgan fingerprint density at radius 2 is 1.55 bits per heavy atom. The third-order valence-electron chi connectivity index (χ3n) is 5.10. The lowest BCUT2D eigenvalue weighted by Crippen LogP contribution is -2.52. The lowest BCUT2D eigenvalue weighted by atomic mass is 9.78. The first-order valence-corrected chi connectivity index (χ1v) is 8.01. The topological polar surface area (TPSA) is 15.3 Å². The predicted octanol–water partition coefficient (Wildman–Crippen LogP) is 3.91. The van der Waals surface area contributed by atoms with Gasteiger partial charge in [-0.2, -0.15) is 0 Å². The van der Waals surface area contributed by atoms with Crippen LogP contribution in [0.5, 0.6) is 0 Å². The van der Waals surface area contributed by atoms with Crippen molar-refractivity contribution in [2.75, 3.05) is 21.1 Å². The minimum absolute atomic E-state index is 0.251. The summed E-state index contributed by atoms with van der Waals surface area (Å²) >= 11 is 0. The van der Waals surface area contributed by atoms with Crippen LogP contribution in [0.15, 0.2) is 24.3 Å². The molecule has 1 unspecified atom stereocenters. The Balaban J connectivity index is 2.36. The van der Waals surface area contributed by atoms with Gasteiger partial charge < -0.3 is 10.2 Å². The normalized spacial score (nSPS) is 20.6. The number of likely N-dealkylation sites (N-methyl/N-ethyl adjacent to an activating group) is 2. The molecule has 1 saturated carbocycles. The first-order valence-electron chi connectivity index (χ1n) is 8.01. The maximum atomic E-state index is 3.62. The summed E-state index contributed by atoms with van der Waals surface area (Å²) in [7, 11) is 6.62. The van der Waals surface area contributed by atoms with E-state index in [0.717, 1.165) is 0 Å². The van der Waals surface area contributed by atoms with Crippen LogP contribution in [-0.2, 0) is 0 Å². The van der Waals surface area contributed by atoms with Crippen molar-refractivity contribution < 1.29 is 0 Å². The quantitative estimate of drug-likeness (QED) is 0.837. The summed E-state index contributed by atoms with van der Waals surface area (Å²) < 4.78 is 0. The molecule has 0 aliphatic heterocycles. The highest BCUT2D eigenvalue weighted by Gasteiger charge is 2.40. The molecule has 1 aliphatic rings. The minimum Gasteiger partial charge on any atom is -0.311 e. The summed E-state index contributed by atoms with van der Waals surface area (Å²) in [5.41, 5.74) is 3.01. The second-order valence-electron chi connectivity index (χ2n) is 6.54. The fourth-order valence-corrected chi connectivity index (χ4v) is 3.84. The molecule has 1 aromatic rings. The zero-order valence-corrected chi connectivity index (χ0v) is 13.6. The average Bonchev–Trinajstić information content (AvgIpc) is 2.69. The summed E-state index contributed by atoms with van der Waals surface area (Å²) in [6.07, 6.45) is 8.06. The molecule has 1 fully saturated rings. The molecule has 0 saturated heterocycles. The Hall–Kier alpha value is -0.860. The first kappa shape index (κ1) is 15.5. The number of nitrogens with zero attached hydrogens (tertiary/aromatic N) is 1. The average molecular weight is 274 g/mol. The van der Waals surface area contributed by atoms with Crippen molar-refractivity contribution in [2.24, 2.45) is 0 Å². The van der Waals surface area contributed by atoms with E-state index in [0.29, 0.717) is 6.04 Å². The Kier molecular flexibility index (Phi) is 5.22. The number of rotatable bonds is 4. The van der Waals surface area contributed by atoms with Gasteiger partial charge in [0, 0.05) is 5.54 Å². The van der Waals surface area contributed by atoms with Crippen molar-refractivity contribution >= 4 is 0 Å². The fraction of sp³-hybridized carbons (Fsp3) is 0.667. The van der Waals surface area contributed by atoms with Crippen LogP contribution in [0, 0.1) is 6.92 Å². The van der Waals surface area contributed by atoms with Crippen LogP contribution in [0.25, 0.3) is 0 Å². The molecule has 1 aromatic carbocycles. The fourth-order valence-electron chi connectivity index (χ4n) is 3.84. The SMILES string of the molecule is CNC(c1ccc(C)cc1)C1(N(C)C)CCCCCC1. The van der Waals surface area contributed by atoms with Gasteiger partial charge in [0.15, 0.2) is 0 Å². The zero-order chi connectivity index (χ0) is 14.6. The van der Waals surface area contributed by atoms with Gasteiger partial charge in [-0.25, -0.2) is 0 Å². The van der Waals surface area contributed by atoms with E-state index in [9.17, 15) is 0 Å². The molecule has 1 atom stereocenters. The summed E-state index contributed by atoms with van der Waals surface area (Å²) in [6, 6.07) is 9.48. The predicted molar refractivity (Wildman–Crippen MR) is 87.1 cm³/mol. The second-order valence-corrected chi connectivity index (χ2v) is 6.54. The van der Waals surface area contributed by atoms with Gasteiger partial charge in [-0.05, 0) is 46.5 Å². The van der Waals surface area contributed by atoms with Crippen LogP contribution in [0.4, 0.5) is 0 Å². The largest absolute Gasteiger partial charge is 0.311 e. The minimum atomic E-state index is 0.251. The van der Waals surface area contributed by atoms with Crippen molar-refractivity contribution in [1.29, 1.82) is 0 Å². The van der Waals surface area contributed by atoms with Gasteiger partial charge in [-0.15, -0.1) is 0 Å². The number of hydrogen-bond acceptors (Lipinski definition) is 2. The van der Waals surface area contributed by atoms with E-state index in [1.54, 1.807) is 0 Å². The Labute approximate surface area is 124 Å². The van der Waals surface area contributed by atoms with E-state index >= 15 is 0 Å². The van der Waals surface area contributed by atoms with Crippen LogP contribution in [0.1, 0.15) is 55.7 Å². The van der Waals surface area contributed by atoms with Gasteiger partial charge in [0.1, 0.15) is 0 Å². The number of hydrogen-bond donors (Lipinski definition) is 1. The molecule has 2 heteroatoms. The van der Waals surface area contributed by atoms with E-state index in [1.807, 2.05) is 0 Å². The molecule has 0 aromatic heterocycles. The summed E-state index contributed by atoms with van der Waals surface area (Å²) in [5, 5.41) is 3.62. The molecule has 1 aliphatic carbocycles. The van der Waals surface area contributed by atoms with Gasteiger partial charge >= 0.3 is 0 Å². The van der Waals surface area contributed by atoms with Gasteiger partial charge in [-0.1, -0.05) is 55.5 Å². The van der Waals surface area contributed by atoms with Crippen molar-refractivity contribution in [3.8, 4) is 0 Å². The lowest BCUT2D eigenvalue weighted by Gasteiger charge is -2.46. The number of benzene rings is 1. The van der Waals surface area contributed by atoms with Crippen molar-refractivity contribution in [2.45, 2.75) is 57.0 Å². The van der Waals surface area contributed by atoms with Gasteiger partial charge in [0.05, 0.1) is 6.04 Å². The van der Waals surface area contributed by atoms with E-state index in [1.165, 1.54) is 49.7 Å². The van der Waals surface area contributed by atoms with E-state index < -0.39 is 0 Å². The van der Waals surface area contributed by atoms with E-state index in [-0.39, 0.29) is 5.54 Å². The zero-order valence-electron chi connectivity index (χ0n) is 13.6. The van der Waals surface area contributed by atoms with Crippen LogP contribution in [0.3, 0.4) is 0 Å². The third-order valence-corrected chi connectivity index (χ3v) is 5.10. The second kappa shape index (κ2) is 6.73. The van der Waals surface area contributed by atoms with Crippen molar-refractivity contribution in [3.05, 3.63) is 35.4 Å². The number of nitrogens with one attached hydrogen (secondary N) is 1. The number of aryl methyl sites for hydroxylation is 1. The van der Waals surface area contributed by atoms with E-state index in [2.05, 4.69) is 62.5 Å². The molecule has 2 rings (SSSR count). The molecule has 0 bridgehead atoms. The van der Waals surface area contributed by atoms with Crippen LogP contribution >= 0.6 is 0 Å². The van der Waals surface area contributed by atoms with Crippen LogP contribution in [0.2, 0.25) is 0 Å². The molecule has 2 nitrogen and oxygen atoms in total. The molecule has 112 valence electrons. The Morgan fingerprint density at radius 1 is 1.00 bits per heavy atom. The van der Waals surface area contributed by atoms with Gasteiger partial charge in [0.25, 0.3) is 0 Å². The van der Waals surface area contributed by atoms with E-state index in [4.69, 9.17) is 0 Å². The summed E-state index contributed by atoms with van der Waals surface area (Å²) in [6.45, 7) is 2.16. The maximum absolute atomic E-state index is 3.62. The lowest BCUT2D eigenvalue weighted by molar-refractivity contribution is 0.0834. The highest BCUT2D eigenvalue weighted by molar-refractivity contribution is 5.27. The maximum Gasteiger partial charge on any atom is 0.0504 e. The molecule has 0 amide bonds. The van der Waals surface area contributed by atoms with Gasteiger partial charge in [-0.3, -0.25) is 0 Å². The van der Waals surface area contributed by atoms with Crippen LogP contribution in [-0.4, -0.2) is 31.6 Å². The van der Waals surface area contributed by atoms with Crippen LogP contribution < -0.4 is 5.32 Å². The monoisotopic (exact) mass is 274 g/mol. The third kappa shape index (κ3) is 3.07. The van der Waals surface area contributed by atoms with Crippen molar-refractivity contribution in [1.82, 2.24) is 10.2 Å². The standard InChI is InChI=1S/C18H30N2/c1-15-9-11-16(12-10-15)17(19-2)18(20(3)4)13-7-5-6-8-14-18/h9-12,17,19H,5-8,13-14H2,1-4H3. The molecule has 0 spiro atoms. The highest BCUT2D eigenvalue weighted by atomic mass is 15.2. The molecule has 0 radical (unpaired) electrons. The smallest absolute Gasteiger partial charge is 0.0504 e. The molecular weight excluding hydrogens is 244 g/mol. The molecule has 1 N–H and O–H groups in total. The van der Waals surface area contributed by atoms with Crippen molar-refractivity contribution in [3.63, 3.8) is 0 Å². The molecular formula is C18H30N2. The summed E-state index contributed by atoms with van der Waals surface area (Å²) in [5.74, 6) is 0. The Morgan fingerprint density at radius 3 is 2.00 bits per heavy atom. The highest BCUT2D eigenvalue weighted by Crippen LogP contribution is 2.40. The molecule has 0 heterocycles. The van der Waals surface area contributed by atoms with Gasteiger partial charge in [0.2, 0.25) is 0 Å². The Bertz CT molecular complexity index is 400.